The van der Waals surface area contributed by atoms with Gasteiger partial charge in [0.15, 0.2) is 5.69 Å². The van der Waals surface area contributed by atoms with Crippen LogP contribution in [0.1, 0.15) is 164 Å². The molecule has 10 aromatic rings. The lowest BCUT2D eigenvalue weighted by atomic mass is 9.37. The van der Waals surface area contributed by atoms with Crippen LogP contribution in [0, 0.1) is 17.9 Å². The van der Waals surface area contributed by atoms with Crippen LogP contribution in [0.5, 0.6) is 0 Å². The molecule has 3 heterocycles. The van der Waals surface area contributed by atoms with Crippen LogP contribution in [0.2, 0.25) is 0 Å². The van der Waals surface area contributed by atoms with Gasteiger partial charge in [0.25, 0.3) is 0 Å². The van der Waals surface area contributed by atoms with Gasteiger partial charge in [0.05, 0.1) is 34.7 Å². The van der Waals surface area contributed by atoms with Crippen LogP contribution >= 0.6 is 0 Å². The molecule has 3 heteroatoms. The summed E-state index contributed by atoms with van der Waals surface area (Å²) in [5, 5.41) is 17.5. The van der Waals surface area contributed by atoms with Crippen molar-refractivity contribution in [2.24, 2.45) is 0 Å². The fourth-order valence-corrected chi connectivity index (χ4v) is 19.0. The van der Waals surface area contributed by atoms with E-state index in [1.165, 1.54) is 138 Å². The molecule has 0 saturated heterocycles. The van der Waals surface area contributed by atoms with Gasteiger partial charge in [-0.25, -0.2) is 4.85 Å². The first-order chi connectivity index (χ1) is 34.2. The summed E-state index contributed by atoms with van der Waals surface area (Å²) >= 11 is 0. The van der Waals surface area contributed by atoms with E-state index in [1.54, 1.807) is 0 Å². The highest BCUT2D eigenvalue weighted by molar-refractivity contribution is 6.31. The van der Waals surface area contributed by atoms with E-state index >= 15 is 0 Å². The number of nitrogens with zero attached hydrogens (tertiary/aromatic N) is 3. The average Bonchev–Trinajstić information content (AvgIpc) is 4.11. The average molecular weight is 910 g/mol. The lowest BCUT2D eigenvalue weighted by molar-refractivity contribution is 0.298. The van der Waals surface area contributed by atoms with Gasteiger partial charge in [-0.3, -0.25) is 0 Å². The van der Waals surface area contributed by atoms with Crippen molar-refractivity contribution >= 4 is 43.8 Å². The molecule has 0 amide bonds. The zero-order valence-electron chi connectivity index (χ0n) is 41.5. The molecule has 8 aromatic carbocycles. The Balaban J connectivity index is 1.25. The standard InChI is InChI=1S/C68H51N3/c1-63(2)32-64(3,4)56-47-40-30-39-36-22-12-17-27-44(36)67(42-25-15-10-20-34(42)35-21-11-16-26-43(35)67)54(39)49-50-57-58(66(7,8)33-65(57,5)6)59(70-9)51-53-38-24-14-19-29-46(38)68(53)45-28-18-13-23-37(45)52(68)48(41(31-69)55(56)63)61(47)71(60(40)49)62(50)51/h10-30,52-53H,32-33H2,1-8H3. The Bertz CT molecular complexity index is 4350. The molecular formula is C68H51N3. The summed E-state index contributed by atoms with van der Waals surface area (Å²) in [7, 11) is 0. The molecule has 2 spiro atoms. The van der Waals surface area contributed by atoms with Crippen molar-refractivity contribution in [2.45, 2.75) is 113 Å². The molecular weight excluding hydrogens is 859 g/mol. The van der Waals surface area contributed by atoms with Gasteiger partial charge in [-0.2, -0.15) is 5.26 Å². The Morgan fingerprint density at radius 1 is 0.493 bits per heavy atom. The van der Waals surface area contributed by atoms with Gasteiger partial charge >= 0.3 is 0 Å². The molecule has 3 atom stereocenters. The summed E-state index contributed by atoms with van der Waals surface area (Å²) in [6.07, 6.45) is 1.89. The third-order valence-corrected chi connectivity index (χ3v) is 20.1. The molecule has 3 nitrogen and oxygen atoms in total. The minimum atomic E-state index is -0.598. The van der Waals surface area contributed by atoms with Gasteiger partial charge in [-0.05, 0) is 135 Å². The third kappa shape index (κ3) is 3.74. The van der Waals surface area contributed by atoms with Gasteiger partial charge in [0, 0.05) is 49.9 Å². The normalized spacial score (nSPS) is 23.1. The Hall–Kier alpha value is -7.46. The first-order valence-electron chi connectivity index (χ1n) is 26.0. The maximum atomic E-state index is 12.2. The molecule has 17 rings (SSSR count). The van der Waals surface area contributed by atoms with E-state index in [9.17, 15) is 11.8 Å². The summed E-state index contributed by atoms with van der Waals surface area (Å²) < 4.78 is 2.73. The van der Waals surface area contributed by atoms with Gasteiger partial charge in [-0.1, -0.05) is 177 Å². The van der Waals surface area contributed by atoms with Crippen LogP contribution in [0.4, 0.5) is 5.69 Å². The smallest absolute Gasteiger partial charge is 0.197 e. The number of rotatable bonds is 0. The van der Waals surface area contributed by atoms with Crippen LogP contribution in [0.3, 0.4) is 0 Å². The molecule has 0 radical (unpaired) electrons. The van der Waals surface area contributed by atoms with Crippen molar-refractivity contribution in [1.82, 2.24) is 4.40 Å². The van der Waals surface area contributed by atoms with Crippen molar-refractivity contribution < 1.29 is 0 Å². The first-order valence-corrected chi connectivity index (χ1v) is 26.0. The zero-order chi connectivity index (χ0) is 48.0. The molecule has 3 unspecified atom stereocenters. The number of hydrogen-bond donors (Lipinski definition) is 0. The first kappa shape index (κ1) is 39.3. The highest BCUT2D eigenvalue weighted by Gasteiger charge is 2.68. The number of nitriles is 1. The fourth-order valence-electron chi connectivity index (χ4n) is 19.0. The molecule has 71 heavy (non-hydrogen) atoms. The van der Waals surface area contributed by atoms with Gasteiger partial charge < -0.3 is 4.40 Å². The molecule has 0 saturated carbocycles. The van der Waals surface area contributed by atoms with Crippen LogP contribution < -0.4 is 0 Å². The Morgan fingerprint density at radius 2 is 0.930 bits per heavy atom. The highest BCUT2D eigenvalue weighted by Crippen LogP contribution is 2.78. The quantitative estimate of drug-likeness (QED) is 0.140. The summed E-state index contributed by atoms with van der Waals surface area (Å²) in [5.74, 6) is -0.196. The lowest BCUT2D eigenvalue weighted by Gasteiger charge is -2.64. The molecule has 0 N–H and O–H groups in total. The maximum absolute atomic E-state index is 12.2. The molecule has 338 valence electrons. The minimum absolute atomic E-state index is 0.0921. The Morgan fingerprint density at radius 3 is 1.48 bits per heavy atom. The van der Waals surface area contributed by atoms with Gasteiger partial charge in [-0.15, -0.1) is 0 Å². The Labute approximate surface area is 414 Å². The Kier molecular flexibility index (Phi) is 6.36. The van der Waals surface area contributed by atoms with E-state index in [0.29, 0.717) is 0 Å². The van der Waals surface area contributed by atoms with E-state index in [4.69, 9.17) is 4.85 Å². The van der Waals surface area contributed by atoms with Crippen LogP contribution in [0.15, 0.2) is 127 Å². The zero-order valence-corrected chi connectivity index (χ0v) is 41.5. The van der Waals surface area contributed by atoms with E-state index in [1.807, 2.05) is 0 Å². The summed E-state index contributed by atoms with van der Waals surface area (Å²) in [5.41, 5.74) is 26.9. The molecule has 6 aliphatic carbocycles. The van der Waals surface area contributed by atoms with E-state index in [-0.39, 0.29) is 33.5 Å². The highest BCUT2D eigenvalue weighted by atomic mass is 15.0. The van der Waals surface area contributed by atoms with Crippen LogP contribution in [-0.4, -0.2) is 4.40 Å². The van der Waals surface area contributed by atoms with Crippen molar-refractivity contribution in [1.29, 1.82) is 5.26 Å². The van der Waals surface area contributed by atoms with E-state index in [2.05, 4.69) is 193 Å². The van der Waals surface area contributed by atoms with Gasteiger partial charge in [0.1, 0.15) is 0 Å². The molecule has 0 bridgehead atoms. The van der Waals surface area contributed by atoms with Crippen molar-refractivity contribution in [3.05, 3.63) is 222 Å². The monoisotopic (exact) mass is 909 g/mol. The summed E-state index contributed by atoms with van der Waals surface area (Å²) in [4.78, 5) is 4.89. The predicted octanol–water partition coefficient (Wildman–Crippen LogP) is 16.4. The molecule has 2 aromatic heterocycles. The lowest BCUT2D eigenvalue weighted by Crippen LogP contribution is -2.57. The second kappa shape index (κ2) is 11.5. The van der Waals surface area contributed by atoms with Crippen LogP contribution in [-0.2, 0) is 32.5 Å². The third-order valence-electron chi connectivity index (χ3n) is 20.1. The van der Waals surface area contributed by atoms with E-state index in [0.717, 1.165) is 24.1 Å². The number of benzene rings is 8. The summed E-state index contributed by atoms with van der Waals surface area (Å²) in [6.45, 7) is 29.1. The predicted molar refractivity (Wildman–Crippen MR) is 287 cm³/mol. The second-order valence-corrected chi connectivity index (χ2v) is 25.3. The van der Waals surface area contributed by atoms with Crippen molar-refractivity contribution in [2.75, 3.05) is 0 Å². The fraction of sp³-hybridized carbons (Fsp3) is 0.265. The van der Waals surface area contributed by atoms with Crippen LogP contribution in [0.25, 0.3) is 65.2 Å². The molecule has 1 aliphatic heterocycles. The summed E-state index contributed by atoms with van der Waals surface area (Å²) in [6, 6.07) is 51.9. The SMILES string of the molecule is [C-]#[N+]c1c2c(c3c4c5c(cc6c7c8c(c(C#N)c9c7n(c3c1C1c3ccccc3C13c1ccccc1C93)c64)C(C)(C)CC8(C)C)-c1ccccc1C51c3ccccc3-c3ccccc31)C(C)(C)CC2(C)C. The largest absolute Gasteiger partial charge is 0.309 e. The number of fused-ring (bicyclic) bond motifs is 23. The maximum Gasteiger partial charge on any atom is 0.197 e. The molecule has 0 fully saturated rings. The number of aromatic nitrogens is 1. The topological polar surface area (TPSA) is 32.6 Å². The van der Waals surface area contributed by atoms with Crippen molar-refractivity contribution in [3.63, 3.8) is 0 Å². The van der Waals surface area contributed by atoms with Gasteiger partial charge in [0.2, 0.25) is 0 Å². The molecule has 7 aliphatic rings. The number of hydrogen-bond acceptors (Lipinski definition) is 1. The van der Waals surface area contributed by atoms with E-state index < -0.39 is 10.8 Å². The second-order valence-electron chi connectivity index (χ2n) is 25.3. The van der Waals surface area contributed by atoms with Crippen molar-refractivity contribution in [3.8, 4) is 28.3 Å². The minimum Gasteiger partial charge on any atom is -0.309 e.